The topological polar surface area (TPSA) is 89.5 Å². The van der Waals surface area contributed by atoms with E-state index in [4.69, 9.17) is 5.73 Å². The fourth-order valence-electron chi connectivity index (χ4n) is 2.10. The molecule has 96 valence electrons. The molecule has 1 aliphatic rings. The molecule has 0 aliphatic carbocycles. The van der Waals surface area contributed by atoms with E-state index >= 15 is 0 Å². The van der Waals surface area contributed by atoms with Crippen molar-refractivity contribution in [1.29, 1.82) is 0 Å². The molecule has 1 fully saturated rings. The second-order valence-electron chi connectivity index (χ2n) is 4.56. The predicted octanol–water partition coefficient (Wildman–Crippen LogP) is 1.08. The van der Waals surface area contributed by atoms with E-state index in [1.165, 1.54) is 12.1 Å². The number of hydrogen-bond acceptors (Lipinski definition) is 4. The monoisotopic (exact) mass is 249 g/mol. The first-order valence-corrected chi connectivity index (χ1v) is 5.79. The summed E-state index contributed by atoms with van der Waals surface area (Å²) < 4.78 is 0. The smallest absolute Gasteiger partial charge is 0.270 e. The average Bonchev–Trinajstić information content (AvgIpc) is 2.75. The number of aryl methyl sites for hydroxylation is 1. The molecule has 1 aliphatic heterocycles. The van der Waals surface area contributed by atoms with E-state index in [1.807, 2.05) is 0 Å². The van der Waals surface area contributed by atoms with E-state index in [0.717, 1.165) is 12.0 Å². The molecule has 1 amide bonds. The van der Waals surface area contributed by atoms with Gasteiger partial charge in [0.25, 0.3) is 11.6 Å². The van der Waals surface area contributed by atoms with E-state index in [-0.39, 0.29) is 17.6 Å². The van der Waals surface area contributed by atoms with E-state index < -0.39 is 4.92 Å². The number of carbonyl (C=O) groups is 1. The molecule has 0 radical (unpaired) electrons. The van der Waals surface area contributed by atoms with Crippen LogP contribution in [0.2, 0.25) is 0 Å². The molecule has 1 atom stereocenters. The van der Waals surface area contributed by atoms with Gasteiger partial charge in [0.1, 0.15) is 0 Å². The molecule has 0 unspecified atom stereocenters. The summed E-state index contributed by atoms with van der Waals surface area (Å²) in [6, 6.07) is 4.35. The summed E-state index contributed by atoms with van der Waals surface area (Å²) in [6.45, 7) is 2.90. The summed E-state index contributed by atoms with van der Waals surface area (Å²) in [7, 11) is 0. The van der Waals surface area contributed by atoms with Crippen LogP contribution in [0.3, 0.4) is 0 Å². The maximum Gasteiger partial charge on any atom is 0.270 e. The van der Waals surface area contributed by atoms with Crippen LogP contribution >= 0.6 is 0 Å². The maximum absolute atomic E-state index is 12.2. The molecule has 2 N–H and O–H groups in total. The van der Waals surface area contributed by atoms with Gasteiger partial charge in [-0.1, -0.05) is 6.07 Å². The van der Waals surface area contributed by atoms with Crippen LogP contribution in [0, 0.1) is 17.0 Å². The maximum atomic E-state index is 12.2. The first-order chi connectivity index (χ1) is 8.49. The van der Waals surface area contributed by atoms with Gasteiger partial charge >= 0.3 is 0 Å². The minimum Gasteiger partial charge on any atom is -0.337 e. The quantitative estimate of drug-likeness (QED) is 0.627. The van der Waals surface area contributed by atoms with Gasteiger partial charge < -0.3 is 10.6 Å². The van der Waals surface area contributed by atoms with Crippen LogP contribution in [0.5, 0.6) is 0 Å². The van der Waals surface area contributed by atoms with Crippen molar-refractivity contribution in [2.45, 2.75) is 19.4 Å². The van der Waals surface area contributed by atoms with Crippen LogP contribution in [0.25, 0.3) is 0 Å². The average molecular weight is 249 g/mol. The van der Waals surface area contributed by atoms with Crippen LogP contribution in [-0.4, -0.2) is 34.9 Å². The van der Waals surface area contributed by atoms with Crippen LogP contribution in [0.4, 0.5) is 5.69 Å². The fourth-order valence-corrected chi connectivity index (χ4v) is 2.10. The molecule has 0 saturated carbocycles. The van der Waals surface area contributed by atoms with Gasteiger partial charge in [0.05, 0.1) is 4.92 Å². The fraction of sp³-hybridized carbons (Fsp3) is 0.417. The van der Waals surface area contributed by atoms with Crippen molar-refractivity contribution in [3.05, 3.63) is 39.4 Å². The lowest BCUT2D eigenvalue weighted by atomic mass is 10.1. The Hall–Kier alpha value is -1.95. The van der Waals surface area contributed by atoms with Crippen molar-refractivity contribution in [3.8, 4) is 0 Å². The van der Waals surface area contributed by atoms with E-state index in [2.05, 4.69) is 0 Å². The molecule has 6 nitrogen and oxygen atoms in total. The van der Waals surface area contributed by atoms with Crippen molar-refractivity contribution in [1.82, 2.24) is 4.90 Å². The summed E-state index contributed by atoms with van der Waals surface area (Å²) >= 11 is 0. The molecule has 0 aromatic heterocycles. The molecule has 0 bridgehead atoms. The molecule has 0 spiro atoms. The van der Waals surface area contributed by atoms with Gasteiger partial charge in [-0.05, 0) is 18.9 Å². The molecule has 2 rings (SSSR count). The second kappa shape index (κ2) is 4.73. The number of nitrogens with two attached hydrogens (primary N) is 1. The Morgan fingerprint density at radius 3 is 2.83 bits per heavy atom. The Balaban J connectivity index is 2.29. The largest absolute Gasteiger partial charge is 0.337 e. The zero-order valence-electron chi connectivity index (χ0n) is 10.1. The molecule has 6 heteroatoms. The lowest BCUT2D eigenvalue weighted by molar-refractivity contribution is -0.384. The molecule has 1 aromatic carbocycles. The highest BCUT2D eigenvalue weighted by molar-refractivity contribution is 5.96. The third-order valence-electron chi connectivity index (χ3n) is 3.17. The Kier molecular flexibility index (Phi) is 3.29. The van der Waals surface area contributed by atoms with Crippen LogP contribution in [0.15, 0.2) is 18.2 Å². The SMILES string of the molecule is Cc1ccc([N+](=O)[O-])cc1C(=O)N1CC[C@@H](N)C1. The van der Waals surface area contributed by atoms with Crippen molar-refractivity contribution in [2.75, 3.05) is 13.1 Å². The number of rotatable bonds is 2. The Labute approximate surface area is 105 Å². The third kappa shape index (κ3) is 2.33. The zero-order valence-corrected chi connectivity index (χ0v) is 10.1. The highest BCUT2D eigenvalue weighted by Gasteiger charge is 2.26. The van der Waals surface area contributed by atoms with E-state index in [0.29, 0.717) is 18.7 Å². The van der Waals surface area contributed by atoms with Crippen LogP contribution in [0.1, 0.15) is 22.3 Å². The molecular weight excluding hydrogens is 234 g/mol. The number of likely N-dealkylation sites (tertiary alicyclic amines) is 1. The van der Waals surface area contributed by atoms with Crippen molar-refractivity contribution >= 4 is 11.6 Å². The van der Waals surface area contributed by atoms with E-state index in [1.54, 1.807) is 17.9 Å². The minimum atomic E-state index is -0.494. The van der Waals surface area contributed by atoms with Gasteiger partial charge in [0.2, 0.25) is 0 Å². The summed E-state index contributed by atoms with van der Waals surface area (Å²) in [5, 5.41) is 10.7. The van der Waals surface area contributed by atoms with Gasteiger partial charge in [0, 0.05) is 36.8 Å². The molecule has 1 saturated heterocycles. The second-order valence-corrected chi connectivity index (χ2v) is 4.56. The first kappa shape index (κ1) is 12.5. The number of benzene rings is 1. The zero-order chi connectivity index (χ0) is 13.3. The summed E-state index contributed by atoms with van der Waals surface area (Å²) in [5.41, 5.74) is 6.82. The van der Waals surface area contributed by atoms with Crippen molar-refractivity contribution < 1.29 is 9.72 Å². The van der Waals surface area contributed by atoms with Gasteiger partial charge in [-0.3, -0.25) is 14.9 Å². The Morgan fingerprint density at radius 2 is 2.28 bits per heavy atom. The number of nitro groups is 1. The number of non-ortho nitro benzene ring substituents is 1. The van der Waals surface area contributed by atoms with Gasteiger partial charge in [-0.2, -0.15) is 0 Å². The Bertz CT molecular complexity index is 501. The van der Waals surface area contributed by atoms with Crippen LogP contribution < -0.4 is 5.73 Å². The molecular formula is C12H15N3O3. The van der Waals surface area contributed by atoms with Crippen LogP contribution in [-0.2, 0) is 0 Å². The number of nitro benzene ring substituents is 1. The van der Waals surface area contributed by atoms with Crippen molar-refractivity contribution in [3.63, 3.8) is 0 Å². The number of carbonyl (C=O) groups excluding carboxylic acids is 1. The Morgan fingerprint density at radius 1 is 1.56 bits per heavy atom. The number of amides is 1. The molecule has 1 aromatic rings. The summed E-state index contributed by atoms with van der Waals surface area (Å²) in [5.74, 6) is -0.177. The summed E-state index contributed by atoms with van der Waals surface area (Å²) in [6.07, 6.45) is 0.777. The lowest BCUT2D eigenvalue weighted by Crippen LogP contribution is -2.32. The van der Waals surface area contributed by atoms with Gasteiger partial charge in [-0.15, -0.1) is 0 Å². The standard InChI is InChI=1S/C12H15N3O3/c1-8-2-3-10(15(17)18)6-11(8)12(16)14-5-4-9(13)7-14/h2-3,6,9H,4-5,7,13H2,1H3/t9-/m1/s1. The minimum absolute atomic E-state index is 0.00736. The first-order valence-electron chi connectivity index (χ1n) is 5.79. The predicted molar refractivity (Wildman–Crippen MR) is 66.3 cm³/mol. The highest BCUT2D eigenvalue weighted by Crippen LogP contribution is 2.20. The van der Waals surface area contributed by atoms with Gasteiger partial charge in [0.15, 0.2) is 0 Å². The van der Waals surface area contributed by atoms with Crippen molar-refractivity contribution in [2.24, 2.45) is 5.73 Å². The number of nitrogens with zero attached hydrogens (tertiary/aromatic N) is 2. The third-order valence-corrected chi connectivity index (χ3v) is 3.17. The lowest BCUT2D eigenvalue weighted by Gasteiger charge is -2.16. The van der Waals surface area contributed by atoms with E-state index in [9.17, 15) is 14.9 Å². The molecule has 18 heavy (non-hydrogen) atoms. The van der Waals surface area contributed by atoms with Gasteiger partial charge in [-0.25, -0.2) is 0 Å². The normalized spacial score (nSPS) is 19.0. The highest BCUT2D eigenvalue weighted by atomic mass is 16.6. The number of hydrogen-bond donors (Lipinski definition) is 1. The molecule has 1 heterocycles. The summed E-state index contributed by atoms with van der Waals surface area (Å²) in [4.78, 5) is 24.1.